The molecule has 0 spiro atoms. The number of pyridine rings is 1. The van der Waals surface area contributed by atoms with Crippen molar-refractivity contribution in [3.8, 4) is 0 Å². The minimum absolute atomic E-state index is 0.840. The normalized spacial score (nSPS) is 17.4. The third-order valence-electron chi connectivity index (χ3n) is 3.55. The summed E-state index contributed by atoms with van der Waals surface area (Å²) >= 11 is 0. The molecule has 0 N–H and O–H groups in total. The first-order valence-electron chi connectivity index (χ1n) is 6.84. The van der Waals surface area contributed by atoms with Gasteiger partial charge in [0.1, 0.15) is 0 Å². The first-order chi connectivity index (χ1) is 9.74. The SMILES string of the molecule is CN(C)CCC1=NN=C2CC(c3cccnc3)=CC=C12. The van der Waals surface area contributed by atoms with Crippen molar-refractivity contribution in [3.63, 3.8) is 0 Å². The Labute approximate surface area is 119 Å². The Hall–Kier alpha value is -2.07. The van der Waals surface area contributed by atoms with Crippen LogP contribution in [0.2, 0.25) is 0 Å². The maximum absolute atomic E-state index is 4.35. The molecule has 0 amide bonds. The molecular weight excluding hydrogens is 248 g/mol. The van der Waals surface area contributed by atoms with Crippen LogP contribution in [0.1, 0.15) is 18.4 Å². The van der Waals surface area contributed by atoms with E-state index in [1.807, 2.05) is 12.3 Å². The van der Waals surface area contributed by atoms with E-state index in [4.69, 9.17) is 0 Å². The van der Waals surface area contributed by atoms with Crippen molar-refractivity contribution >= 4 is 17.0 Å². The predicted octanol–water partition coefficient (Wildman–Crippen LogP) is 2.56. The van der Waals surface area contributed by atoms with Gasteiger partial charge in [-0.25, -0.2) is 0 Å². The summed E-state index contributed by atoms with van der Waals surface area (Å²) in [6, 6.07) is 4.05. The van der Waals surface area contributed by atoms with Crippen LogP contribution in [-0.4, -0.2) is 41.9 Å². The Kier molecular flexibility index (Phi) is 3.56. The van der Waals surface area contributed by atoms with E-state index in [1.165, 1.54) is 11.1 Å². The van der Waals surface area contributed by atoms with E-state index in [-0.39, 0.29) is 0 Å². The minimum atomic E-state index is 0.840. The number of hydrogen-bond donors (Lipinski definition) is 0. The molecule has 102 valence electrons. The van der Waals surface area contributed by atoms with Crippen LogP contribution in [0.4, 0.5) is 0 Å². The first-order valence-corrected chi connectivity index (χ1v) is 6.84. The molecule has 0 radical (unpaired) electrons. The van der Waals surface area contributed by atoms with Crippen molar-refractivity contribution in [2.75, 3.05) is 20.6 Å². The van der Waals surface area contributed by atoms with Gasteiger partial charge in [-0.1, -0.05) is 18.2 Å². The average molecular weight is 266 g/mol. The van der Waals surface area contributed by atoms with Crippen LogP contribution in [0, 0.1) is 0 Å². The summed E-state index contributed by atoms with van der Waals surface area (Å²) in [5.41, 5.74) is 5.81. The van der Waals surface area contributed by atoms with Crippen molar-refractivity contribution < 1.29 is 0 Å². The predicted molar refractivity (Wildman–Crippen MR) is 83.0 cm³/mol. The average Bonchev–Trinajstić information content (AvgIpc) is 2.88. The largest absolute Gasteiger partial charge is 0.309 e. The molecule has 0 bridgehead atoms. The molecule has 0 atom stereocenters. The zero-order valence-electron chi connectivity index (χ0n) is 11.9. The molecule has 0 saturated carbocycles. The molecular formula is C16H18N4. The topological polar surface area (TPSA) is 40.9 Å². The molecule has 1 aliphatic heterocycles. The molecule has 0 unspecified atom stereocenters. The van der Waals surface area contributed by atoms with Gasteiger partial charge in [-0.15, -0.1) is 0 Å². The van der Waals surface area contributed by atoms with Crippen molar-refractivity contribution in [3.05, 3.63) is 47.8 Å². The van der Waals surface area contributed by atoms with Gasteiger partial charge in [-0.2, -0.15) is 10.2 Å². The van der Waals surface area contributed by atoms with E-state index in [1.54, 1.807) is 6.20 Å². The number of rotatable bonds is 4. The standard InChI is InChI=1S/C16H18N4/c1-20(2)9-7-15-14-6-5-12(10-16(14)19-18-15)13-4-3-8-17-11-13/h3-6,8,11H,7,9-10H2,1-2H3. The lowest BCUT2D eigenvalue weighted by Gasteiger charge is -2.15. The van der Waals surface area contributed by atoms with Crippen LogP contribution < -0.4 is 0 Å². The lowest BCUT2D eigenvalue weighted by atomic mass is 9.90. The second kappa shape index (κ2) is 5.51. The summed E-state index contributed by atoms with van der Waals surface area (Å²) in [6.45, 7) is 0.998. The van der Waals surface area contributed by atoms with E-state index in [9.17, 15) is 0 Å². The quantitative estimate of drug-likeness (QED) is 0.840. The van der Waals surface area contributed by atoms with Gasteiger partial charge in [0.25, 0.3) is 0 Å². The molecule has 20 heavy (non-hydrogen) atoms. The summed E-state index contributed by atoms with van der Waals surface area (Å²) in [5, 5.41) is 8.69. The third-order valence-corrected chi connectivity index (χ3v) is 3.55. The fraction of sp³-hybridized carbons (Fsp3) is 0.312. The molecule has 0 fully saturated rings. The van der Waals surface area contributed by atoms with E-state index in [0.29, 0.717) is 0 Å². The highest BCUT2D eigenvalue weighted by atomic mass is 15.2. The van der Waals surface area contributed by atoms with Crippen molar-refractivity contribution in [2.45, 2.75) is 12.8 Å². The molecule has 4 heteroatoms. The summed E-state index contributed by atoms with van der Waals surface area (Å²) in [6.07, 6.45) is 9.79. The van der Waals surface area contributed by atoms with Crippen LogP contribution in [0.3, 0.4) is 0 Å². The van der Waals surface area contributed by atoms with Gasteiger partial charge < -0.3 is 4.90 Å². The molecule has 1 aliphatic carbocycles. The molecule has 0 aromatic carbocycles. The Morgan fingerprint density at radius 1 is 1.20 bits per heavy atom. The number of fused-ring (bicyclic) bond motifs is 1. The van der Waals surface area contributed by atoms with Crippen LogP contribution in [0.15, 0.2) is 52.5 Å². The summed E-state index contributed by atoms with van der Waals surface area (Å²) in [4.78, 5) is 6.34. The van der Waals surface area contributed by atoms with E-state index >= 15 is 0 Å². The zero-order valence-corrected chi connectivity index (χ0v) is 11.9. The molecule has 0 saturated heterocycles. The monoisotopic (exact) mass is 266 g/mol. The van der Waals surface area contributed by atoms with Crippen LogP contribution >= 0.6 is 0 Å². The molecule has 1 aromatic rings. The molecule has 2 aliphatic rings. The molecule has 1 aromatic heterocycles. The van der Waals surface area contributed by atoms with Crippen LogP contribution in [0.25, 0.3) is 5.57 Å². The second-order valence-corrected chi connectivity index (χ2v) is 5.34. The number of aromatic nitrogens is 1. The Morgan fingerprint density at radius 2 is 2.10 bits per heavy atom. The minimum Gasteiger partial charge on any atom is -0.309 e. The Morgan fingerprint density at radius 3 is 2.85 bits per heavy atom. The fourth-order valence-corrected chi connectivity index (χ4v) is 2.41. The Balaban J connectivity index is 1.78. The van der Waals surface area contributed by atoms with Crippen molar-refractivity contribution in [2.24, 2.45) is 10.2 Å². The van der Waals surface area contributed by atoms with E-state index in [2.05, 4.69) is 52.4 Å². The number of allylic oxidation sites excluding steroid dienone is 4. The maximum atomic E-state index is 4.35. The van der Waals surface area contributed by atoms with Gasteiger partial charge in [0.05, 0.1) is 11.4 Å². The van der Waals surface area contributed by atoms with Gasteiger partial charge in [-0.05, 0) is 31.3 Å². The zero-order chi connectivity index (χ0) is 13.9. The first kappa shape index (κ1) is 12.9. The van der Waals surface area contributed by atoms with Crippen LogP contribution in [0.5, 0.6) is 0 Å². The molecule has 2 heterocycles. The number of nitrogens with zero attached hydrogens (tertiary/aromatic N) is 4. The van der Waals surface area contributed by atoms with Gasteiger partial charge in [0.15, 0.2) is 0 Å². The highest BCUT2D eigenvalue weighted by Gasteiger charge is 2.23. The highest BCUT2D eigenvalue weighted by molar-refractivity contribution is 6.29. The van der Waals surface area contributed by atoms with E-state index < -0.39 is 0 Å². The van der Waals surface area contributed by atoms with Gasteiger partial charge in [0, 0.05) is 37.4 Å². The lowest BCUT2D eigenvalue weighted by molar-refractivity contribution is 0.422. The third kappa shape index (κ3) is 2.60. The summed E-state index contributed by atoms with van der Waals surface area (Å²) in [7, 11) is 4.15. The smallest absolute Gasteiger partial charge is 0.0765 e. The Bertz CT molecular complexity index is 621. The van der Waals surface area contributed by atoms with Crippen LogP contribution in [-0.2, 0) is 0 Å². The van der Waals surface area contributed by atoms with Gasteiger partial charge in [-0.3, -0.25) is 4.98 Å². The maximum Gasteiger partial charge on any atom is 0.0765 e. The summed E-state index contributed by atoms with van der Waals surface area (Å²) < 4.78 is 0. The van der Waals surface area contributed by atoms with Gasteiger partial charge >= 0.3 is 0 Å². The summed E-state index contributed by atoms with van der Waals surface area (Å²) in [5.74, 6) is 0. The second-order valence-electron chi connectivity index (χ2n) is 5.34. The number of hydrogen-bond acceptors (Lipinski definition) is 4. The highest BCUT2D eigenvalue weighted by Crippen LogP contribution is 2.28. The molecule has 3 rings (SSSR count). The fourth-order valence-electron chi connectivity index (χ4n) is 2.41. The van der Waals surface area contributed by atoms with Crippen molar-refractivity contribution in [1.82, 2.24) is 9.88 Å². The van der Waals surface area contributed by atoms with Gasteiger partial charge in [0.2, 0.25) is 0 Å². The molecule has 4 nitrogen and oxygen atoms in total. The van der Waals surface area contributed by atoms with Crippen molar-refractivity contribution in [1.29, 1.82) is 0 Å². The lowest BCUT2D eigenvalue weighted by Crippen LogP contribution is -2.19. The van der Waals surface area contributed by atoms with E-state index in [0.717, 1.165) is 36.4 Å².